The van der Waals surface area contributed by atoms with Gasteiger partial charge in [0, 0.05) is 37.2 Å². The highest BCUT2D eigenvalue weighted by atomic mass is 32.1. The average Bonchev–Trinajstić information content (AvgIpc) is 3.50. The molecule has 0 amide bonds. The van der Waals surface area contributed by atoms with Crippen molar-refractivity contribution in [3.8, 4) is 22.3 Å². The number of hydrogen-bond acceptors (Lipinski definition) is 2. The summed E-state index contributed by atoms with van der Waals surface area (Å²) in [5.41, 5.74) is 8.43. The standard InChI is InChI=1S/C44H29NS/c1-2-14-35(15-3-1)45(36-24-22-31(23-25-36)34-21-20-30-10-4-5-12-33(30)28-34)37-26-27-41-43(29-37)46-42-19-9-18-40(44(41)42)39-17-8-13-32-11-6-7-16-38(32)39/h1-29H. The Morgan fingerprint density at radius 2 is 1.00 bits per heavy atom. The number of thiophene rings is 1. The molecule has 0 saturated heterocycles. The number of rotatable bonds is 5. The van der Waals surface area contributed by atoms with Crippen molar-refractivity contribution in [3.63, 3.8) is 0 Å². The molecule has 0 radical (unpaired) electrons. The maximum Gasteiger partial charge on any atom is 0.0476 e. The second-order valence-electron chi connectivity index (χ2n) is 11.8. The third-order valence-electron chi connectivity index (χ3n) is 9.04. The van der Waals surface area contributed by atoms with E-state index < -0.39 is 0 Å². The van der Waals surface area contributed by atoms with Gasteiger partial charge in [-0.05, 0) is 92.3 Å². The molecule has 9 rings (SSSR count). The van der Waals surface area contributed by atoms with Crippen LogP contribution in [0.15, 0.2) is 176 Å². The van der Waals surface area contributed by atoms with Crippen LogP contribution in [0.1, 0.15) is 0 Å². The normalized spacial score (nSPS) is 11.5. The topological polar surface area (TPSA) is 3.24 Å². The van der Waals surface area contributed by atoms with E-state index in [2.05, 4.69) is 181 Å². The first kappa shape index (κ1) is 26.7. The van der Waals surface area contributed by atoms with Crippen LogP contribution in [0.3, 0.4) is 0 Å². The van der Waals surface area contributed by atoms with Gasteiger partial charge in [0.1, 0.15) is 0 Å². The van der Waals surface area contributed by atoms with Gasteiger partial charge >= 0.3 is 0 Å². The summed E-state index contributed by atoms with van der Waals surface area (Å²) in [7, 11) is 0. The van der Waals surface area contributed by atoms with Gasteiger partial charge in [-0.1, -0.05) is 127 Å². The van der Waals surface area contributed by atoms with Gasteiger partial charge in [-0.2, -0.15) is 0 Å². The quantitative estimate of drug-likeness (QED) is 0.189. The lowest BCUT2D eigenvalue weighted by Crippen LogP contribution is -2.09. The van der Waals surface area contributed by atoms with Gasteiger partial charge in [-0.25, -0.2) is 0 Å². The van der Waals surface area contributed by atoms with Crippen molar-refractivity contribution in [1.29, 1.82) is 0 Å². The van der Waals surface area contributed by atoms with E-state index in [0.717, 1.165) is 17.1 Å². The molecule has 46 heavy (non-hydrogen) atoms. The lowest BCUT2D eigenvalue weighted by Gasteiger charge is -2.25. The molecule has 0 fully saturated rings. The maximum atomic E-state index is 2.36. The lowest BCUT2D eigenvalue weighted by molar-refractivity contribution is 1.29. The van der Waals surface area contributed by atoms with Crippen LogP contribution in [0.25, 0.3) is 64.0 Å². The maximum absolute atomic E-state index is 2.36. The second kappa shape index (κ2) is 11.0. The average molecular weight is 604 g/mol. The molecule has 0 saturated carbocycles. The summed E-state index contributed by atoms with van der Waals surface area (Å²) in [6.45, 7) is 0. The van der Waals surface area contributed by atoms with Gasteiger partial charge in [0.05, 0.1) is 0 Å². The molecule has 9 aromatic rings. The Bertz CT molecular complexity index is 2520. The SMILES string of the molecule is c1ccc(N(c2ccc(-c3ccc4ccccc4c3)cc2)c2ccc3c(c2)sc2cccc(-c4cccc5ccccc45)c23)cc1. The van der Waals surface area contributed by atoms with E-state index in [1.165, 1.54) is 64.0 Å². The van der Waals surface area contributed by atoms with Crippen LogP contribution >= 0.6 is 11.3 Å². The molecule has 0 aliphatic carbocycles. The van der Waals surface area contributed by atoms with E-state index in [4.69, 9.17) is 0 Å². The first-order valence-corrected chi connectivity index (χ1v) is 16.5. The number of anilines is 3. The summed E-state index contributed by atoms with van der Waals surface area (Å²) in [4.78, 5) is 2.36. The van der Waals surface area contributed by atoms with Crippen molar-refractivity contribution in [2.45, 2.75) is 0 Å². The number of para-hydroxylation sites is 1. The minimum Gasteiger partial charge on any atom is -0.310 e. The van der Waals surface area contributed by atoms with E-state index >= 15 is 0 Å². The Hall–Kier alpha value is -5.70. The Balaban J connectivity index is 1.16. The van der Waals surface area contributed by atoms with Crippen LogP contribution in [0.5, 0.6) is 0 Å². The second-order valence-corrected chi connectivity index (χ2v) is 12.9. The molecule has 8 aromatic carbocycles. The van der Waals surface area contributed by atoms with Crippen LogP contribution < -0.4 is 4.90 Å². The molecule has 1 nitrogen and oxygen atoms in total. The van der Waals surface area contributed by atoms with Crippen molar-refractivity contribution in [2.75, 3.05) is 4.90 Å². The summed E-state index contributed by atoms with van der Waals surface area (Å²) >= 11 is 1.87. The van der Waals surface area contributed by atoms with Crippen molar-refractivity contribution in [2.24, 2.45) is 0 Å². The summed E-state index contributed by atoms with van der Waals surface area (Å²) in [6.07, 6.45) is 0. The fraction of sp³-hybridized carbons (Fsp3) is 0. The first-order chi connectivity index (χ1) is 22.8. The highest BCUT2D eigenvalue weighted by Gasteiger charge is 2.17. The van der Waals surface area contributed by atoms with Crippen LogP contribution in [-0.4, -0.2) is 0 Å². The third kappa shape index (κ3) is 4.54. The number of nitrogens with zero attached hydrogens (tertiary/aromatic N) is 1. The first-order valence-electron chi connectivity index (χ1n) is 15.7. The number of fused-ring (bicyclic) bond motifs is 5. The highest BCUT2D eigenvalue weighted by molar-refractivity contribution is 7.26. The summed E-state index contributed by atoms with van der Waals surface area (Å²) in [5.74, 6) is 0. The molecular formula is C44H29NS. The Kier molecular flexibility index (Phi) is 6.40. The fourth-order valence-electron chi connectivity index (χ4n) is 6.83. The van der Waals surface area contributed by atoms with Crippen LogP contribution in [0.2, 0.25) is 0 Å². The minimum atomic E-state index is 1.13. The van der Waals surface area contributed by atoms with Crippen molar-refractivity contribution < 1.29 is 0 Å². The molecule has 1 aromatic heterocycles. The molecule has 0 aliphatic heterocycles. The molecule has 0 bridgehead atoms. The largest absolute Gasteiger partial charge is 0.310 e. The van der Waals surface area contributed by atoms with Gasteiger partial charge in [0.15, 0.2) is 0 Å². The monoisotopic (exact) mass is 603 g/mol. The van der Waals surface area contributed by atoms with E-state index in [-0.39, 0.29) is 0 Å². The van der Waals surface area contributed by atoms with Gasteiger partial charge in [0.2, 0.25) is 0 Å². The number of benzene rings is 8. The Labute approximate surface area is 272 Å². The molecule has 216 valence electrons. The zero-order valence-corrected chi connectivity index (χ0v) is 25.9. The summed E-state index contributed by atoms with van der Waals surface area (Å²) in [5, 5.41) is 7.71. The lowest BCUT2D eigenvalue weighted by atomic mass is 9.95. The molecule has 0 spiro atoms. The van der Waals surface area contributed by atoms with Crippen molar-refractivity contribution >= 4 is 70.1 Å². The van der Waals surface area contributed by atoms with Crippen LogP contribution in [-0.2, 0) is 0 Å². The van der Waals surface area contributed by atoms with Gasteiger partial charge in [0.25, 0.3) is 0 Å². The summed E-state index contributed by atoms with van der Waals surface area (Å²) < 4.78 is 2.59. The fourth-order valence-corrected chi connectivity index (χ4v) is 8.00. The zero-order valence-electron chi connectivity index (χ0n) is 25.1. The molecule has 2 heteroatoms. The van der Waals surface area contributed by atoms with Crippen LogP contribution in [0.4, 0.5) is 17.1 Å². The smallest absolute Gasteiger partial charge is 0.0476 e. The minimum absolute atomic E-state index is 1.13. The molecule has 0 aliphatic rings. The van der Waals surface area contributed by atoms with Gasteiger partial charge in [-0.15, -0.1) is 11.3 Å². The Morgan fingerprint density at radius 1 is 0.348 bits per heavy atom. The molecule has 0 N–H and O–H groups in total. The van der Waals surface area contributed by atoms with E-state index in [1.807, 2.05) is 11.3 Å². The zero-order chi connectivity index (χ0) is 30.5. The molecular weight excluding hydrogens is 575 g/mol. The van der Waals surface area contributed by atoms with Crippen molar-refractivity contribution in [3.05, 3.63) is 176 Å². The molecule has 0 unspecified atom stereocenters. The third-order valence-corrected chi connectivity index (χ3v) is 10.2. The van der Waals surface area contributed by atoms with Gasteiger partial charge in [-0.3, -0.25) is 0 Å². The Morgan fingerprint density at radius 3 is 1.87 bits per heavy atom. The predicted octanol–water partition coefficient (Wildman–Crippen LogP) is 13.2. The van der Waals surface area contributed by atoms with Gasteiger partial charge < -0.3 is 4.90 Å². The number of hydrogen-bond donors (Lipinski definition) is 0. The van der Waals surface area contributed by atoms with E-state index in [1.54, 1.807) is 0 Å². The summed E-state index contributed by atoms with van der Waals surface area (Å²) in [6, 6.07) is 63.9. The molecule has 1 heterocycles. The molecule has 0 atom stereocenters. The van der Waals surface area contributed by atoms with E-state index in [0.29, 0.717) is 0 Å². The van der Waals surface area contributed by atoms with E-state index in [9.17, 15) is 0 Å². The highest BCUT2D eigenvalue weighted by Crippen LogP contribution is 2.44. The predicted molar refractivity (Wildman–Crippen MR) is 200 cm³/mol. The van der Waals surface area contributed by atoms with Crippen molar-refractivity contribution in [1.82, 2.24) is 0 Å². The van der Waals surface area contributed by atoms with Crippen LogP contribution in [0, 0.1) is 0 Å².